The molecule has 6 atom stereocenters. The van der Waals surface area contributed by atoms with Gasteiger partial charge in [0.05, 0.1) is 25.4 Å². The van der Waals surface area contributed by atoms with Crippen molar-refractivity contribution < 1.29 is 74.2 Å². The van der Waals surface area contributed by atoms with Gasteiger partial charge in [-0.3, -0.25) is 4.79 Å². The summed E-state index contributed by atoms with van der Waals surface area (Å²) in [5, 5.41) is 54.5. The Balaban J connectivity index is 0.00000432. The number of ether oxygens (including phenoxy) is 2. The number of carboxylic acids is 1. The standard InChI is InChI=1S/C24H29NO9.Na/c1-14(27)25-20-18(28)11-24(23(31)32,34-22(20)21(30)19(29)12-26)33-13-15-7-9-17(10-8-15)16-5-3-2-4-6-16;/h2-10,18-22,26,28-30H,11-13H2,1H3,(H,25,27)(H,31,32);/q;+1/p-1/t18-,19+,20+,21-,22+,24+;/m0./s1. The first-order chi connectivity index (χ1) is 16.2. The summed E-state index contributed by atoms with van der Waals surface area (Å²) in [6, 6.07) is 15.5. The normalized spacial score (nSPS) is 25.7. The van der Waals surface area contributed by atoms with E-state index in [4.69, 9.17) is 9.47 Å². The quantitative estimate of drug-likeness (QED) is 0.215. The van der Waals surface area contributed by atoms with Gasteiger partial charge in [0, 0.05) is 13.3 Å². The third-order valence-electron chi connectivity index (χ3n) is 5.70. The summed E-state index contributed by atoms with van der Waals surface area (Å²) >= 11 is 0. The van der Waals surface area contributed by atoms with E-state index in [2.05, 4.69) is 5.32 Å². The number of hydrogen-bond donors (Lipinski definition) is 5. The van der Waals surface area contributed by atoms with Gasteiger partial charge in [0.15, 0.2) is 0 Å². The van der Waals surface area contributed by atoms with Gasteiger partial charge >= 0.3 is 29.6 Å². The van der Waals surface area contributed by atoms with E-state index in [0.29, 0.717) is 5.56 Å². The zero-order valence-electron chi connectivity index (χ0n) is 19.5. The first-order valence-corrected chi connectivity index (χ1v) is 10.8. The van der Waals surface area contributed by atoms with Crippen LogP contribution in [0.2, 0.25) is 0 Å². The molecule has 0 unspecified atom stereocenters. The maximum atomic E-state index is 12.1. The zero-order chi connectivity index (χ0) is 24.9. The summed E-state index contributed by atoms with van der Waals surface area (Å²) in [5.74, 6) is -4.86. The van der Waals surface area contributed by atoms with Crippen LogP contribution in [0.4, 0.5) is 0 Å². The number of rotatable bonds is 9. The Labute approximate surface area is 224 Å². The van der Waals surface area contributed by atoms with Crippen LogP contribution in [-0.2, 0) is 25.7 Å². The smallest absolute Gasteiger partial charge is 0.544 e. The Bertz CT molecular complexity index is 975. The van der Waals surface area contributed by atoms with Crippen molar-refractivity contribution in [2.75, 3.05) is 6.61 Å². The number of carboxylic acid groups (broad SMARTS) is 1. The fraction of sp³-hybridized carbons (Fsp3) is 0.417. The molecule has 0 radical (unpaired) electrons. The Morgan fingerprint density at radius 2 is 1.74 bits per heavy atom. The minimum atomic E-state index is -2.48. The maximum absolute atomic E-state index is 12.1. The van der Waals surface area contributed by atoms with Crippen molar-refractivity contribution in [2.24, 2.45) is 0 Å². The van der Waals surface area contributed by atoms with Gasteiger partial charge in [-0.05, 0) is 16.7 Å². The second-order valence-electron chi connectivity index (χ2n) is 8.21. The van der Waals surface area contributed by atoms with Gasteiger partial charge in [0.1, 0.15) is 24.3 Å². The van der Waals surface area contributed by atoms with Crippen LogP contribution in [-0.4, -0.2) is 75.2 Å². The van der Waals surface area contributed by atoms with Crippen molar-refractivity contribution in [3.05, 3.63) is 60.2 Å². The maximum Gasteiger partial charge on any atom is 1.00 e. The number of carbonyl (C=O) groups excluding carboxylic acids is 2. The van der Waals surface area contributed by atoms with Crippen molar-refractivity contribution in [1.29, 1.82) is 0 Å². The number of aliphatic hydroxyl groups excluding tert-OH is 4. The molecule has 1 aliphatic heterocycles. The monoisotopic (exact) mass is 497 g/mol. The largest absolute Gasteiger partial charge is 1.00 e. The van der Waals surface area contributed by atoms with Gasteiger partial charge in [-0.25, -0.2) is 0 Å². The van der Waals surface area contributed by atoms with Crippen molar-refractivity contribution in [3.8, 4) is 11.1 Å². The van der Waals surface area contributed by atoms with Crippen molar-refractivity contribution in [1.82, 2.24) is 5.32 Å². The molecular formula is C24H28NNaO9. The average Bonchev–Trinajstić information content (AvgIpc) is 2.83. The van der Waals surface area contributed by atoms with Crippen LogP contribution in [0, 0.1) is 0 Å². The van der Waals surface area contributed by atoms with E-state index in [1.807, 2.05) is 42.5 Å². The summed E-state index contributed by atoms with van der Waals surface area (Å²) in [4.78, 5) is 23.6. The second-order valence-corrected chi connectivity index (χ2v) is 8.21. The Hall–Kier alpha value is -1.86. The molecule has 0 aliphatic carbocycles. The van der Waals surface area contributed by atoms with Gasteiger partial charge in [0.2, 0.25) is 11.7 Å². The predicted octanol–water partition coefficient (Wildman–Crippen LogP) is -4.31. The molecule has 184 valence electrons. The summed E-state index contributed by atoms with van der Waals surface area (Å²) in [6.07, 6.45) is -7.32. The third-order valence-corrected chi connectivity index (χ3v) is 5.70. The molecule has 1 saturated heterocycles. The zero-order valence-corrected chi connectivity index (χ0v) is 21.5. The predicted molar refractivity (Wildman–Crippen MR) is 117 cm³/mol. The molecule has 0 aromatic heterocycles. The van der Waals surface area contributed by atoms with E-state index in [0.717, 1.165) is 18.1 Å². The number of hydrogen-bond acceptors (Lipinski definition) is 9. The molecule has 0 saturated carbocycles. The molecule has 5 N–H and O–H groups in total. The van der Waals surface area contributed by atoms with Gasteiger partial charge in [0.25, 0.3) is 0 Å². The van der Waals surface area contributed by atoms with Gasteiger partial charge < -0.3 is 45.1 Å². The molecule has 1 fully saturated rings. The molecule has 1 heterocycles. The van der Waals surface area contributed by atoms with Crippen LogP contribution in [0.5, 0.6) is 0 Å². The van der Waals surface area contributed by atoms with Crippen molar-refractivity contribution >= 4 is 11.9 Å². The van der Waals surface area contributed by atoms with Crippen LogP contribution in [0.25, 0.3) is 11.1 Å². The molecule has 0 bridgehead atoms. The minimum absolute atomic E-state index is 0. The first-order valence-electron chi connectivity index (χ1n) is 10.8. The summed E-state index contributed by atoms with van der Waals surface area (Å²) in [5.41, 5.74) is 2.56. The van der Waals surface area contributed by atoms with Gasteiger partial charge in [-0.15, -0.1) is 0 Å². The van der Waals surface area contributed by atoms with Crippen LogP contribution >= 0.6 is 0 Å². The van der Waals surface area contributed by atoms with E-state index in [-0.39, 0.29) is 36.2 Å². The molecule has 10 nitrogen and oxygen atoms in total. The second kappa shape index (κ2) is 12.9. The Morgan fingerprint density at radius 1 is 1.14 bits per heavy atom. The molecule has 2 aromatic carbocycles. The molecule has 35 heavy (non-hydrogen) atoms. The topological polar surface area (TPSA) is 169 Å². The van der Waals surface area contributed by atoms with Gasteiger partial charge in [-0.2, -0.15) is 0 Å². The molecule has 1 aliphatic rings. The van der Waals surface area contributed by atoms with Crippen molar-refractivity contribution in [3.63, 3.8) is 0 Å². The molecule has 11 heteroatoms. The fourth-order valence-electron chi connectivity index (χ4n) is 3.89. The van der Waals surface area contributed by atoms with Crippen molar-refractivity contribution in [2.45, 2.75) is 56.2 Å². The third kappa shape index (κ3) is 7.10. The minimum Gasteiger partial charge on any atom is -0.544 e. The SMILES string of the molecule is CC(=O)N[C@H]1[C@H]([C@@H](O)[C@H](O)CO)O[C@@](OCc2ccc(-c3ccccc3)cc2)(C(=O)[O-])C[C@@H]1O.[Na+]. The number of aliphatic hydroxyl groups is 4. The summed E-state index contributed by atoms with van der Waals surface area (Å²) < 4.78 is 11.1. The Morgan fingerprint density at radius 3 is 2.29 bits per heavy atom. The fourth-order valence-corrected chi connectivity index (χ4v) is 3.89. The van der Waals surface area contributed by atoms with E-state index >= 15 is 0 Å². The molecule has 3 rings (SSSR count). The van der Waals surface area contributed by atoms with Crippen LogP contribution in [0.15, 0.2) is 54.6 Å². The van der Waals surface area contributed by atoms with Crippen LogP contribution in [0.1, 0.15) is 18.9 Å². The first kappa shape index (κ1) is 29.4. The summed E-state index contributed by atoms with van der Waals surface area (Å²) in [6.45, 7) is 0.0671. The summed E-state index contributed by atoms with van der Waals surface area (Å²) in [7, 11) is 0. The number of aliphatic carboxylic acids is 1. The number of carbonyl (C=O) groups is 2. The van der Waals surface area contributed by atoms with Gasteiger partial charge in [-0.1, -0.05) is 54.6 Å². The molecule has 2 aromatic rings. The van der Waals surface area contributed by atoms with Crippen LogP contribution < -0.4 is 40.0 Å². The number of amides is 1. The molecular weight excluding hydrogens is 469 g/mol. The van der Waals surface area contributed by atoms with E-state index < -0.39 is 61.1 Å². The molecule has 0 spiro atoms. The van der Waals surface area contributed by atoms with E-state index in [9.17, 15) is 35.1 Å². The van der Waals surface area contributed by atoms with E-state index in [1.54, 1.807) is 12.1 Å². The average molecular weight is 497 g/mol. The Kier molecular flexibility index (Phi) is 10.8. The van der Waals surface area contributed by atoms with E-state index in [1.165, 1.54) is 0 Å². The van der Waals surface area contributed by atoms with Crippen LogP contribution in [0.3, 0.4) is 0 Å². The number of nitrogens with one attached hydrogen (secondary N) is 1. The molecule has 1 amide bonds. The number of benzene rings is 2.